The summed E-state index contributed by atoms with van der Waals surface area (Å²) >= 11 is 0. The first kappa shape index (κ1) is 18.9. The molecule has 7 aromatic rings. The summed E-state index contributed by atoms with van der Waals surface area (Å²) in [6, 6.07) is 33.8. The number of benzene rings is 4. The van der Waals surface area contributed by atoms with Crippen LogP contribution in [0.4, 0.5) is 0 Å². The summed E-state index contributed by atoms with van der Waals surface area (Å²) in [6.07, 6.45) is 5.72. The van der Waals surface area contributed by atoms with Crippen LogP contribution >= 0.6 is 0 Å². The topological polar surface area (TPSA) is 38.7 Å². The van der Waals surface area contributed by atoms with E-state index in [1.165, 1.54) is 16.2 Å². The van der Waals surface area contributed by atoms with Crippen molar-refractivity contribution in [2.75, 3.05) is 0 Å². The van der Waals surface area contributed by atoms with Gasteiger partial charge in [0.15, 0.2) is 0 Å². The Kier molecular flexibility index (Phi) is 4.15. The molecule has 0 atom stereocenters. The van der Waals surface area contributed by atoms with Gasteiger partial charge >= 0.3 is 0 Å². The van der Waals surface area contributed by atoms with Gasteiger partial charge in [-0.05, 0) is 46.0 Å². The van der Waals surface area contributed by atoms with Gasteiger partial charge < -0.3 is 0 Å². The van der Waals surface area contributed by atoms with Gasteiger partial charge in [0.1, 0.15) is 0 Å². The highest BCUT2D eigenvalue weighted by molar-refractivity contribution is 6.14. The van der Waals surface area contributed by atoms with Gasteiger partial charge in [-0.1, -0.05) is 72.8 Å². The summed E-state index contributed by atoms with van der Waals surface area (Å²) in [6.45, 7) is 0. The summed E-state index contributed by atoms with van der Waals surface area (Å²) in [4.78, 5) is 14.5. The molecule has 0 unspecified atom stereocenters. The summed E-state index contributed by atoms with van der Waals surface area (Å²) in [5, 5.41) is 6.87. The summed E-state index contributed by atoms with van der Waals surface area (Å²) < 4.78 is 0. The normalized spacial score (nSPS) is 11.5. The largest absolute Gasteiger partial charge is 0.263 e. The minimum Gasteiger partial charge on any atom is -0.263 e. The lowest BCUT2D eigenvalue weighted by molar-refractivity contribution is 1.36. The molecule has 0 saturated heterocycles. The van der Waals surface area contributed by atoms with E-state index in [0.29, 0.717) is 0 Å². The fraction of sp³-hybridized carbons (Fsp3) is 0. The lowest BCUT2D eigenvalue weighted by Gasteiger charge is -2.13. The highest BCUT2D eigenvalue weighted by atomic mass is 14.7. The van der Waals surface area contributed by atoms with E-state index in [0.717, 1.165) is 49.6 Å². The second kappa shape index (κ2) is 7.46. The van der Waals surface area contributed by atoms with Crippen LogP contribution < -0.4 is 0 Å². The van der Waals surface area contributed by atoms with Gasteiger partial charge in [-0.3, -0.25) is 9.97 Å². The Balaban J connectivity index is 1.55. The first-order chi connectivity index (χ1) is 16.9. The van der Waals surface area contributed by atoms with Gasteiger partial charge in [0.05, 0.1) is 16.7 Å². The van der Waals surface area contributed by atoms with Crippen LogP contribution in [0.1, 0.15) is 0 Å². The van der Waals surface area contributed by atoms with Crippen LogP contribution in [0.25, 0.3) is 65.7 Å². The first-order valence-corrected chi connectivity index (χ1v) is 11.4. The van der Waals surface area contributed by atoms with Crippen molar-refractivity contribution < 1.29 is 0 Å². The van der Waals surface area contributed by atoms with Gasteiger partial charge in [-0.25, -0.2) is 4.98 Å². The van der Waals surface area contributed by atoms with E-state index >= 15 is 0 Å². The Hall–Kier alpha value is -4.63. The van der Waals surface area contributed by atoms with E-state index in [2.05, 4.69) is 89.9 Å². The van der Waals surface area contributed by atoms with Gasteiger partial charge in [0.2, 0.25) is 0 Å². The predicted octanol–water partition coefficient (Wildman–Crippen LogP) is 7.82. The van der Waals surface area contributed by atoms with Crippen molar-refractivity contribution in [2.24, 2.45) is 0 Å². The quantitative estimate of drug-likeness (QED) is 0.261. The van der Waals surface area contributed by atoms with E-state index in [4.69, 9.17) is 9.97 Å². The van der Waals surface area contributed by atoms with Gasteiger partial charge in [0, 0.05) is 45.9 Å². The Labute approximate surface area is 196 Å². The number of hydrogen-bond donors (Lipinski definition) is 0. The Morgan fingerprint density at radius 3 is 2.18 bits per heavy atom. The van der Waals surface area contributed by atoms with Gasteiger partial charge in [-0.15, -0.1) is 0 Å². The van der Waals surface area contributed by atoms with Crippen molar-refractivity contribution in [3.63, 3.8) is 0 Å². The predicted molar refractivity (Wildman–Crippen MR) is 141 cm³/mol. The second-order valence-electron chi connectivity index (χ2n) is 8.52. The van der Waals surface area contributed by atoms with Crippen LogP contribution in [0.5, 0.6) is 0 Å². The lowest BCUT2D eigenvalue weighted by atomic mass is 9.95. The van der Waals surface area contributed by atoms with Crippen molar-refractivity contribution in [3.05, 3.63) is 116 Å². The molecule has 0 radical (unpaired) electrons. The van der Waals surface area contributed by atoms with Gasteiger partial charge in [-0.2, -0.15) is 0 Å². The lowest BCUT2D eigenvalue weighted by Crippen LogP contribution is -1.92. The first-order valence-electron chi connectivity index (χ1n) is 11.4. The van der Waals surface area contributed by atoms with Crippen LogP contribution in [0, 0.1) is 0 Å². The summed E-state index contributed by atoms with van der Waals surface area (Å²) in [5.74, 6) is 0. The highest BCUT2D eigenvalue weighted by Crippen LogP contribution is 2.37. The number of fused-ring (bicyclic) bond motifs is 5. The minimum atomic E-state index is 0.930. The third kappa shape index (κ3) is 2.87. The van der Waals surface area contributed by atoms with Crippen LogP contribution in [0.15, 0.2) is 116 Å². The van der Waals surface area contributed by atoms with Crippen molar-refractivity contribution >= 4 is 43.4 Å². The van der Waals surface area contributed by atoms with Crippen molar-refractivity contribution in [3.8, 4) is 22.4 Å². The van der Waals surface area contributed by atoms with Crippen molar-refractivity contribution in [1.29, 1.82) is 0 Å². The maximum Gasteiger partial charge on any atom is 0.0802 e. The van der Waals surface area contributed by atoms with Crippen LogP contribution in [0.3, 0.4) is 0 Å². The summed E-state index contributed by atoms with van der Waals surface area (Å²) in [5.41, 5.74) is 6.17. The zero-order valence-corrected chi connectivity index (χ0v) is 18.3. The molecule has 0 bridgehead atoms. The van der Waals surface area contributed by atoms with Crippen molar-refractivity contribution in [2.45, 2.75) is 0 Å². The van der Waals surface area contributed by atoms with Crippen molar-refractivity contribution in [1.82, 2.24) is 15.0 Å². The molecule has 158 valence electrons. The molecular weight excluding hydrogens is 414 g/mol. The smallest absolute Gasteiger partial charge is 0.0802 e. The molecule has 0 saturated carbocycles. The molecule has 3 heteroatoms. The van der Waals surface area contributed by atoms with E-state index in [1.54, 1.807) is 0 Å². The number of aromatic nitrogens is 3. The zero-order valence-electron chi connectivity index (χ0n) is 18.3. The van der Waals surface area contributed by atoms with E-state index in [-0.39, 0.29) is 0 Å². The molecule has 0 aliphatic heterocycles. The second-order valence-corrected chi connectivity index (χ2v) is 8.52. The Morgan fingerprint density at radius 2 is 1.26 bits per heavy atom. The number of pyridine rings is 3. The molecule has 3 aromatic heterocycles. The molecule has 0 N–H and O–H groups in total. The van der Waals surface area contributed by atoms with E-state index in [9.17, 15) is 0 Å². The molecule has 7 rings (SSSR count). The third-order valence-electron chi connectivity index (χ3n) is 6.58. The van der Waals surface area contributed by atoms with Gasteiger partial charge in [0.25, 0.3) is 0 Å². The number of rotatable bonds is 2. The van der Waals surface area contributed by atoms with E-state index in [1.807, 2.05) is 30.7 Å². The fourth-order valence-electron chi connectivity index (χ4n) is 4.99. The molecule has 0 aliphatic carbocycles. The summed E-state index contributed by atoms with van der Waals surface area (Å²) in [7, 11) is 0. The molecule has 0 amide bonds. The SMILES string of the molecule is c1ccc2c(-c3ccc4c(cc(-c5cncc6ccccc56)c5cccnc54)n3)cccc2c1. The molecular formula is C31H19N3. The molecule has 3 heterocycles. The monoisotopic (exact) mass is 433 g/mol. The average Bonchev–Trinajstić information content (AvgIpc) is 2.91. The maximum atomic E-state index is 5.15. The molecule has 34 heavy (non-hydrogen) atoms. The van der Waals surface area contributed by atoms with Crippen LogP contribution in [-0.4, -0.2) is 15.0 Å². The highest BCUT2D eigenvalue weighted by Gasteiger charge is 2.14. The van der Waals surface area contributed by atoms with E-state index < -0.39 is 0 Å². The Morgan fingerprint density at radius 1 is 0.500 bits per heavy atom. The molecule has 3 nitrogen and oxygen atoms in total. The average molecular weight is 434 g/mol. The Bertz CT molecular complexity index is 1860. The molecule has 0 spiro atoms. The fourth-order valence-corrected chi connectivity index (χ4v) is 4.99. The van der Waals surface area contributed by atoms with Crippen LogP contribution in [-0.2, 0) is 0 Å². The van der Waals surface area contributed by atoms with Crippen LogP contribution in [0.2, 0.25) is 0 Å². The maximum absolute atomic E-state index is 5.15. The standard InChI is InChI=1S/C31H19N3/c1-3-10-22-20(7-1)9-5-12-24(22)29-15-14-26-30(34-29)17-27(25-13-6-16-33-31(25)26)28-19-32-18-21-8-2-4-11-23(21)28/h1-19H. The molecule has 0 aliphatic rings. The third-order valence-corrected chi connectivity index (χ3v) is 6.58. The number of hydrogen-bond acceptors (Lipinski definition) is 3. The number of nitrogens with zero attached hydrogens (tertiary/aromatic N) is 3. The molecule has 4 aromatic carbocycles. The zero-order chi connectivity index (χ0) is 22.5. The minimum absolute atomic E-state index is 0.930. The molecule has 0 fully saturated rings.